The van der Waals surface area contributed by atoms with E-state index in [0.717, 1.165) is 12.8 Å². The van der Waals surface area contributed by atoms with Crippen LogP contribution in [0.4, 0.5) is 0 Å². The minimum atomic E-state index is -1.40. The Balaban J connectivity index is 2.32. The van der Waals surface area contributed by atoms with E-state index in [1.807, 2.05) is 0 Å². The van der Waals surface area contributed by atoms with Crippen molar-refractivity contribution < 1.29 is 0 Å². The van der Waals surface area contributed by atoms with Crippen LogP contribution >= 0.6 is 0 Å². The normalized spacial score (nSPS) is 14.8. The quantitative estimate of drug-likeness (QED) is 0.467. The zero-order valence-corrected chi connectivity index (χ0v) is 22.4. The highest BCUT2D eigenvalue weighted by Gasteiger charge is 2.28. The first-order valence-corrected chi connectivity index (χ1v) is 18.2. The van der Waals surface area contributed by atoms with Crippen LogP contribution in [0.15, 0.2) is 35.9 Å². The zero-order valence-electron chi connectivity index (χ0n) is 20.4. The third-order valence-corrected chi connectivity index (χ3v) is 10.5. The molecule has 29 heavy (non-hydrogen) atoms. The largest absolute Gasteiger partial charge is 0.0776 e. The minimum absolute atomic E-state index is 0.228. The second-order valence-corrected chi connectivity index (χ2v) is 22.1. The highest BCUT2D eigenvalue weighted by atomic mass is 28.3. The second kappa shape index (κ2) is 7.39. The molecule has 0 nitrogen and oxygen atoms in total. The lowest BCUT2D eigenvalue weighted by Gasteiger charge is -2.25. The molecule has 0 aromatic heterocycles. The van der Waals surface area contributed by atoms with Gasteiger partial charge in [-0.3, -0.25) is 0 Å². The molecule has 0 spiro atoms. The van der Waals surface area contributed by atoms with Gasteiger partial charge in [-0.2, -0.15) is 0 Å². The lowest BCUT2D eigenvalue weighted by molar-refractivity contribution is 0.498. The van der Waals surface area contributed by atoms with Crippen molar-refractivity contribution in [3.8, 4) is 11.1 Å². The Bertz CT molecular complexity index is 925. The Morgan fingerprint density at radius 3 is 1.83 bits per heavy atom. The van der Waals surface area contributed by atoms with Gasteiger partial charge in [0.2, 0.25) is 0 Å². The SMILES string of the molecule is CCc1ccc2c(c1-c1cc([Si](C)(C)C)cc([Si](C)(C)C)c1)C=C(C(C)(C)C)C2. The van der Waals surface area contributed by atoms with Crippen LogP contribution in [-0.4, -0.2) is 16.1 Å². The number of benzene rings is 2. The fraction of sp³-hybridized carbons (Fsp3) is 0.481. The highest BCUT2D eigenvalue weighted by Crippen LogP contribution is 2.42. The molecule has 0 heterocycles. The molecule has 156 valence electrons. The molecule has 0 atom stereocenters. The Morgan fingerprint density at radius 1 is 0.828 bits per heavy atom. The molecule has 1 aliphatic rings. The summed E-state index contributed by atoms with van der Waals surface area (Å²) in [5.41, 5.74) is 9.25. The number of allylic oxidation sites excluding steroid dienone is 1. The summed E-state index contributed by atoms with van der Waals surface area (Å²) in [5.74, 6) is 0. The Kier molecular flexibility index (Phi) is 5.68. The summed E-state index contributed by atoms with van der Waals surface area (Å²) in [6.45, 7) is 24.2. The molecule has 3 rings (SSSR count). The van der Waals surface area contributed by atoms with Crippen LogP contribution in [0, 0.1) is 5.41 Å². The van der Waals surface area contributed by atoms with E-state index in [2.05, 4.69) is 103 Å². The first kappa shape index (κ1) is 22.3. The first-order valence-electron chi connectivity index (χ1n) is 11.2. The minimum Gasteiger partial charge on any atom is -0.0656 e. The van der Waals surface area contributed by atoms with Crippen LogP contribution in [0.2, 0.25) is 39.3 Å². The van der Waals surface area contributed by atoms with Gasteiger partial charge in [0.05, 0.1) is 16.1 Å². The van der Waals surface area contributed by atoms with E-state index in [1.54, 1.807) is 15.9 Å². The number of hydrogen-bond acceptors (Lipinski definition) is 0. The monoisotopic (exact) mass is 420 g/mol. The summed E-state index contributed by atoms with van der Waals surface area (Å²) in [4.78, 5) is 0. The van der Waals surface area contributed by atoms with Crippen molar-refractivity contribution in [3.63, 3.8) is 0 Å². The van der Waals surface area contributed by atoms with Gasteiger partial charge in [0.1, 0.15) is 0 Å². The number of hydrogen-bond donors (Lipinski definition) is 0. The third-order valence-electron chi connectivity index (χ3n) is 6.42. The van der Waals surface area contributed by atoms with Crippen LogP contribution in [0.25, 0.3) is 17.2 Å². The van der Waals surface area contributed by atoms with Gasteiger partial charge in [0, 0.05) is 0 Å². The molecule has 0 unspecified atom stereocenters. The van der Waals surface area contributed by atoms with Gasteiger partial charge in [-0.15, -0.1) is 0 Å². The van der Waals surface area contributed by atoms with E-state index in [9.17, 15) is 0 Å². The Hall–Kier alpha value is -1.39. The first-order chi connectivity index (χ1) is 13.2. The molecular weight excluding hydrogens is 380 g/mol. The predicted octanol–water partition coefficient (Wildman–Crippen LogP) is 6.99. The molecule has 0 fully saturated rings. The van der Waals surface area contributed by atoms with E-state index in [0.29, 0.717) is 0 Å². The summed E-state index contributed by atoms with van der Waals surface area (Å²) in [6, 6.07) is 12.4. The zero-order chi connectivity index (χ0) is 21.8. The maximum Gasteiger partial charge on any atom is 0.0776 e. The topological polar surface area (TPSA) is 0 Å². The van der Waals surface area contributed by atoms with Crippen LogP contribution in [-0.2, 0) is 12.8 Å². The third kappa shape index (κ3) is 4.54. The smallest absolute Gasteiger partial charge is 0.0656 e. The van der Waals surface area contributed by atoms with E-state index in [4.69, 9.17) is 0 Å². The van der Waals surface area contributed by atoms with E-state index < -0.39 is 16.1 Å². The van der Waals surface area contributed by atoms with Gasteiger partial charge < -0.3 is 0 Å². The molecular formula is C27H40Si2. The molecule has 2 aromatic carbocycles. The molecule has 2 aromatic rings. The van der Waals surface area contributed by atoms with Gasteiger partial charge in [-0.05, 0) is 46.1 Å². The predicted molar refractivity (Wildman–Crippen MR) is 138 cm³/mol. The van der Waals surface area contributed by atoms with Crippen molar-refractivity contribution in [2.45, 2.75) is 79.8 Å². The fourth-order valence-corrected chi connectivity index (χ4v) is 6.71. The molecule has 0 saturated carbocycles. The van der Waals surface area contributed by atoms with Crippen molar-refractivity contribution in [1.29, 1.82) is 0 Å². The fourth-order valence-electron chi connectivity index (χ4n) is 4.21. The van der Waals surface area contributed by atoms with Crippen LogP contribution in [0.5, 0.6) is 0 Å². The van der Waals surface area contributed by atoms with E-state index in [1.165, 1.54) is 27.8 Å². The number of aryl methyl sites for hydroxylation is 1. The Labute approximate surface area is 181 Å². The highest BCUT2D eigenvalue weighted by molar-refractivity contribution is 6.91. The van der Waals surface area contributed by atoms with Crippen molar-refractivity contribution >= 4 is 32.6 Å². The summed E-state index contributed by atoms with van der Waals surface area (Å²) in [5, 5.41) is 3.20. The van der Waals surface area contributed by atoms with Gasteiger partial charge in [-0.1, -0.05) is 119 Å². The van der Waals surface area contributed by atoms with Crippen molar-refractivity contribution in [2.24, 2.45) is 5.41 Å². The Morgan fingerprint density at radius 2 is 1.38 bits per heavy atom. The van der Waals surface area contributed by atoms with Crippen LogP contribution in [0.1, 0.15) is 44.4 Å². The standard InChI is InChI=1S/C27H40Si2/c1-11-19-12-13-20-14-22(27(2,3)4)17-25(20)26(19)21-15-23(28(5,6)7)18-24(16-21)29(8,9)10/h12-13,15-18H,11,14H2,1-10H3. The van der Waals surface area contributed by atoms with Crippen LogP contribution < -0.4 is 10.4 Å². The summed E-state index contributed by atoms with van der Waals surface area (Å²) in [7, 11) is -2.80. The lowest BCUT2D eigenvalue weighted by atomic mass is 9.85. The molecule has 0 bridgehead atoms. The van der Waals surface area contributed by atoms with Gasteiger partial charge in [0.25, 0.3) is 0 Å². The van der Waals surface area contributed by atoms with Gasteiger partial charge in [0.15, 0.2) is 0 Å². The number of rotatable bonds is 4. The second-order valence-electron chi connectivity index (χ2n) is 11.9. The van der Waals surface area contributed by atoms with Crippen molar-refractivity contribution in [3.05, 3.63) is 52.6 Å². The molecule has 0 amide bonds. The molecule has 0 radical (unpaired) electrons. The summed E-state index contributed by atoms with van der Waals surface area (Å²) >= 11 is 0. The maximum atomic E-state index is 2.55. The molecule has 0 saturated heterocycles. The van der Waals surface area contributed by atoms with Crippen molar-refractivity contribution in [2.75, 3.05) is 0 Å². The van der Waals surface area contributed by atoms with E-state index >= 15 is 0 Å². The molecule has 0 aliphatic heterocycles. The molecule has 1 aliphatic carbocycles. The average molecular weight is 421 g/mol. The lowest BCUT2D eigenvalue weighted by Crippen LogP contribution is -2.45. The van der Waals surface area contributed by atoms with Gasteiger partial charge >= 0.3 is 0 Å². The van der Waals surface area contributed by atoms with Gasteiger partial charge in [-0.25, -0.2) is 0 Å². The van der Waals surface area contributed by atoms with Crippen molar-refractivity contribution in [1.82, 2.24) is 0 Å². The van der Waals surface area contributed by atoms with Crippen LogP contribution in [0.3, 0.4) is 0 Å². The summed E-state index contributed by atoms with van der Waals surface area (Å²) < 4.78 is 0. The number of fused-ring (bicyclic) bond motifs is 1. The maximum absolute atomic E-state index is 2.55. The average Bonchev–Trinajstić information content (AvgIpc) is 3.03. The summed E-state index contributed by atoms with van der Waals surface area (Å²) in [6.07, 6.45) is 4.70. The van der Waals surface area contributed by atoms with E-state index in [-0.39, 0.29) is 5.41 Å². The molecule has 0 N–H and O–H groups in total. The molecule has 2 heteroatoms.